The summed E-state index contributed by atoms with van der Waals surface area (Å²) in [6, 6.07) is 0. The molecular formula is C10H18ClN. The van der Waals surface area contributed by atoms with Gasteiger partial charge in [-0.2, -0.15) is 0 Å². The van der Waals surface area contributed by atoms with Crippen LogP contribution in [-0.2, 0) is 0 Å². The van der Waals surface area contributed by atoms with Crippen LogP contribution < -0.4 is 5.32 Å². The fourth-order valence-electron chi connectivity index (χ4n) is 1.69. The lowest BCUT2D eigenvalue weighted by Gasteiger charge is -2.14. The van der Waals surface area contributed by atoms with Crippen molar-refractivity contribution in [2.45, 2.75) is 32.6 Å². The van der Waals surface area contributed by atoms with Crippen LogP contribution in [0, 0.1) is 5.41 Å². The molecule has 0 radical (unpaired) electrons. The minimum absolute atomic E-state index is 0.626. The SMILES string of the molecule is C=C(Cl)CNCC1(CCC)CC1. The van der Waals surface area contributed by atoms with Crippen LogP contribution in [0.2, 0.25) is 0 Å². The number of nitrogens with one attached hydrogen (secondary N) is 1. The summed E-state index contributed by atoms with van der Waals surface area (Å²) in [5.41, 5.74) is 0.626. The molecule has 1 rings (SSSR count). The maximum Gasteiger partial charge on any atom is 0.0307 e. The van der Waals surface area contributed by atoms with Gasteiger partial charge in [0.15, 0.2) is 0 Å². The van der Waals surface area contributed by atoms with Gasteiger partial charge in [0.1, 0.15) is 0 Å². The summed E-state index contributed by atoms with van der Waals surface area (Å²) in [7, 11) is 0. The Balaban J connectivity index is 2.09. The molecule has 0 bridgehead atoms. The average molecular weight is 188 g/mol. The third-order valence-electron chi connectivity index (χ3n) is 2.55. The van der Waals surface area contributed by atoms with Crippen LogP contribution in [-0.4, -0.2) is 13.1 Å². The third kappa shape index (κ3) is 3.16. The van der Waals surface area contributed by atoms with Gasteiger partial charge >= 0.3 is 0 Å². The summed E-state index contributed by atoms with van der Waals surface area (Å²) in [6.07, 6.45) is 5.43. The molecule has 0 aromatic carbocycles. The van der Waals surface area contributed by atoms with Crippen molar-refractivity contribution in [2.24, 2.45) is 5.41 Å². The zero-order valence-electron chi connectivity index (χ0n) is 7.83. The topological polar surface area (TPSA) is 12.0 Å². The van der Waals surface area contributed by atoms with Gasteiger partial charge in [0.05, 0.1) is 0 Å². The van der Waals surface area contributed by atoms with Crippen LogP contribution in [0.4, 0.5) is 0 Å². The molecule has 1 aliphatic rings. The van der Waals surface area contributed by atoms with Crippen molar-refractivity contribution in [3.63, 3.8) is 0 Å². The molecular weight excluding hydrogens is 170 g/mol. The van der Waals surface area contributed by atoms with Gasteiger partial charge in [0, 0.05) is 18.1 Å². The quantitative estimate of drug-likeness (QED) is 0.675. The lowest BCUT2D eigenvalue weighted by atomic mass is 10.0. The van der Waals surface area contributed by atoms with E-state index >= 15 is 0 Å². The lowest BCUT2D eigenvalue weighted by Crippen LogP contribution is -2.24. The van der Waals surface area contributed by atoms with Crippen LogP contribution in [0.5, 0.6) is 0 Å². The summed E-state index contributed by atoms with van der Waals surface area (Å²) in [4.78, 5) is 0. The molecule has 1 saturated carbocycles. The predicted molar refractivity (Wildman–Crippen MR) is 54.4 cm³/mol. The van der Waals surface area contributed by atoms with E-state index in [0.29, 0.717) is 10.4 Å². The second kappa shape index (κ2) is 4.29. The highest BCUT2D eigenvalue weighted by Crippen LogP contribution is 2.48. The zero-order chi connectivity index (χ0) is 9.03. The first-order valence-electron chi connectivity index (χ1n) is 4.72. The fourth-order valence-corrected chi connectivity index (χ4v) is 1.78. The molecule has 1 fully saturated rings. The summed E-state index contributed by atoms with van der Waals surface area (Å²) in [6.45, 7) is 7.77. The smallest absolute Gasteiger partial charge is 0.0307 e. The Hall–Kier alpha value is -0.0100. The molecule has 1 N–H and O–H groups in total. The van der Waals surface area contributed by atoms with Gasteiger partial charge in [0.2, 0.25) is 0 Å². The van der Waals surface area contributed by atoms with Gasteiger partial charge in [-0.1, -0.05) is 31.5 Å². The van der Waals surface area contributed by atoms with Crippen molar-refractivity contribution in [1.29, 1.82) is 0 Å². The first-order chi connectivity index (χ1) is 5.68. The van der Waals surface area contributed by atoms with E-state index in [1.54, 1.807) is 0 Å². The molecule has 0 amide bonds. The Morgan fingerprint density at radius 1 is 1.58 bits per heavy atom. The average Bonchev–Trinajstić information content (AvgIpc) is 2.69. The van der Waals surface area contributed by atoms with Gasteiger partial charge in [-0.05, 0) is 24.7 Å². The van der Waals surface area contributed by atoms with Crippen LogP contribution in [0.25, 0.3) is 0 Å². The zero-order valence-corrected chi connectivity index (χ0v) is 8.58. The van der Waals surface area contributed by atoms with E-state index in [9.17, 15) is 0 Å². The highest BCUT2D eigenvalue weighted by molar-refractivity contribution is 6.29. The maximum absolute atomic E-state index is 5.65. The summed E-state index contributed by atoms with van der Waals surface area (Å²) < 4.78 is 0. The summed E-state index contributed by atoms with van der Waals surface area (Å²) in [5, 5.41) is 4.05. The first kappa shape index (κ1) is 10.1. The molecule has 0 heterocycles. The minimum Gasteiger partial charge on any atom is -0.311 e. The van der Waals surface area contributed by atoms with Crippen molar-refractivity contribution in [3.8, 4) is 0 Å². The molecule has 0 atom stereocenters. The number of hydrogen-bond donors (Lipinski definition) is 1. The van der Waals surface area contributed by atoms with Crippen LogP contribution in [0.1, 0.15) is 32.6 Å². The standard InChI is InChI=1S/C10H18ClN/c1-3-4-10(5-6-10)8-12-7-9(2)11/h12H,2-8H2,1H3. The molecule has 70 valence electrons. The molecule has 0 spiro atoms. The molecule has 12 heavy (non-hydrogen) atoms. The first-order valence-corrected chi connectivity index (χ1v) is 5.10. The van der Waals surface area contributed by atoms with E-state index in [2.05, 4.69) is 18.8 Å². The number of rotatable bonds is 6. The van der Waals surface area contributed by atoms with Crippen molar-refractivity contribution < 1.29 is 0 Å². The van der Waals surface area contributed by atoms with Gasteiger partial charge in [-0.3, -0.25) is 0 Å². The summed E-state index contributed by atoms with van der Waals surface area (Å²) in [5.74, 6) is 0. The Kier molecular flexibility index (Phi) is 3.60. The maximum atomic E-state index is 5.65. The van der Waals surface area contributed by atoms with E-state index in [1.165, 1.54) is 25.7 Å². The second-order valence-corrected chi connectivity index (χ2v) is 4.41. The van der Waals surface area contributed by atoms with Crippen LogP contribution >= 0.6 is 11.6 Å². The monoisotopic (exact) mass is 187 g/mol. The van der Waals surface area contributed by atoms with Crippen LogP contribution in [0.3, 0.4) is 0 Å². The Morgan fingerprint density at radius 2 is 2.25 bits per heavy atom. The van der Waals surface area contributed by atoms with Crippen molar-refractivity contribution in [3.05, 3.63) is 11.6 Å². The van der Waals surface area contributed by atoms with Crippen LogP contribution in [0.15, 0.2) is 11.6 Å². The Labute approximate surface area is 80.2 Å². The minimum atomic E-state index is 0.626. The highest BCUT2D eigenvalue weighted by Gasteiger charge is 2.40. The predicted octanol–water partition coefficient (Wildman–Crippen LogP) is 2.91. The molecule has 0 unspecified atom stereocenters. The van der Waals surface area contributed by atoms with Gasteiger partial charge in [0.25, 0.3) is 0 Å². The Bertz CT molecular complexity index is 161. The van der Waals surface area contributed by atoms with Crippen molar-refractivity contribution in [1.82, 2.24) is 5.32 Å². The highest BCUT2D eigenvalue weighted by atomic mass is 35.5. The van der Waals surface area contributed by atoms with Gasteiger partial charge in [-0.15, -0.1) is 0 Å². The van der Waals surface area contributed by atoms with Gasteiger partial charge < -0.3 is 5.32 Å². The Morgan fingerprint density at radius 3 is 2.67 bits per heavy atom. The normalized spacial score (nSPS) is 19.2. The lowest BCUT2D eigenvalue weighted by molar-refractivity contribution is 0.430. The molecule has 0 aliphatic heterocycles. The summed E-state index contributed by atoms with van der Waals surface area (Å²) >= 11 is 5.65. The van der Waals surface area contributed by atoms with Crippen molar-refractivity contribution >= 4 is 11.6 Å². The van der Waals surface area contributed by atoms with E-state index in [0.717, 1.165) is 13.1 Å². The molecule has 2 heteroatoms. The molecule has 0 aromatic rings. The fraction of sp³-hybridized carbons (Fsp3) is 0.800. The number of hydrogen-bond acceptors (Lipinski definition) is 1. The largest absolute Gasteiger partial charge is 0.311 e. The molecule has 0 aromatic heterocycles. The van der Waals surface area contributed by atoms with E-state index in [-0.39, 0.29) is 0 Å². The molecule has 1 nitrogen and oxygen atoms in total. The molecule has 1 aliphatic carbocycles. The molecule has 0 saturated heterocycles. The number of halogens is 1. The van der Waals surface area contributed by atoms with E-state index in [4.69, 9.17) is 11.6 Å². The third-order valence-corrected chi connectivity index (χ3v) is 2.69. The van der Waals surface area contributed by atoms with E-state index < -0.39 is 0 Å². The van der Waals surface area contributed by atoms with E-state index in [1.807, 2.05) is 0 Å². The second-order valence-electron chi connectivity index (χ2n) is 3.87. The van der Waals surface area contributed by atoms with Gasteiger partial charge in [-0.25, -0.2) is 0 Å². The van der Waals surface area contributed by atoms with Crippen molar-refractivity contribution in [2.75, 3.05) is 13.1 Å².